The minimum atomic E-state index is -0.0988. The van der Waals surface area contributed by atoms with E-state index in [9.17, 15) is 9.59 Å². The Morgan fingerprint density at radius 3 is 2.52 bits per heavy atom. The lowest BCUT2D eigenvalue weighted by molar-refractivity contribution is -0.126. The molecule has 1 saturated carbocycles. The van der Waals surface area contributed by atoms with Gasteiger partial charge in [-0.2, -0.15) is 0 Å². The second-order valence-electron chi connectivity index (χ2n) is 7.19. The van der Waals surface area contributed by atoms with Gasteiger partial charge in [-0.25, -0.2) is 0 Å². The van der Waals surface area contributed by atoms with Crippen molar-refractivity contribution in [2.24, 2.45) is 5.92 Å². The highest BCUT2D eigenvalue weighted by atomic mass is 35.5. The minimum absolute atomic E-state index is 0.00223. The Labute approximate surface area is 165 Å². The number of rotatable bonds is 7. The summed E-state index contributed by atoms with van der Waals surface area (Å²) in [5.74, 6) is 0.952. The first-order valence-electron chi connectivity index (χ1n) is 9.63. The number of piperidine rings is 1. The second kappa shape index (κ2) is 8.83. The van der Waals surface area contributed by atoms with E-state index in [1.807, 2.05) is 6.92 Å². The van der Waals surface area contributed by atoms with E-state index in [0.29, 0.717) is 60.7 Å². The van der Waals surface area contributed by atoms with Crippen LogP contribution in [0.15, 0.2) is 12.1 Å². The standard InChI is InChI=1S/C20H27ClN2O4/c1-3-10-27-18-16(21)11-14(12-17(18)26-2)20(25)23-8-6-13(7-9-23)19(24)22-15-4-5-15/h11-13,15H,3-10H2,1-2H3,(H,22,24). The second-order valence-corrected chi connectivity index (χ2v) is 7.59. The van der Waals surface area contributed by atoms with E-state index < -0.39 is 0 Å². The summed E-state index contributed by atoms with van der Waals surface area (Å²) in [6, 6.07) is 3.68. The van der Waals surface area contributed by atoms with E-state index >= 15 is 0 Å². The van der Waals surface area contributed by atoms with Gasteiger partial charge in [0.2, 0.25) is 5.91 Å². The Morgan fingerprint density at radius 1 is 1.22 bits per heavy atom. The molecular formula is C20H27ClN2O4. The Bertz CT molecular complexity index is 697. The summed E-state index contributed by atoms with van der Waals surface area (Å²) in [4.78, 5) is 26.8. The normalized spacial score (nSPS) is 17.5. The first kappa shape index (κ1) is 19.8. The predicted molar refractivity (Wildman–Crippen MR) is 104 cm³/mol. The van der Waals surface area contributed by atoms with Gasteiger partial charge in [0, 0.05) is 30.6 Å². The number of ether oxygens (including phenoxy) is 2. The number of hydrogen-bond acceptors (Lipinski definition) is 4. The summed E-state index contributed by atoms with van der Waals surface area (Å²) in [5, 5.41) is 3.42. The van der Waals surface area contributed by atoms with Crippen LogP contribution < -0.4 is 14.8 Å². The molecule has 0 atom stereocenters. The van der Waals surface area contributed by atoms with Gasteiger partial charge in [0.05, 0.1) is 18.7 Å². The average Bonchev–Trinajstić information content (AvgIpc) is 3.50. The summed E-state index contributed by atoms with van der Waals surface area (Å²) >= 11 is 6.32. The molecule has 7 heteroatoms. The van der Waals surface area contributed by atoms with E-state index in [1.54, 1.807) is 17.0 Å². The lowest BCUT2D eigenvalue weighted by atomic mass is 9.95. The van der Waals surface area contributed by atoms with E-state index in [-0.39, 0.29) is 17.7 Å². The number of likely N-dealkylation sites (tertiary alicyclic amines) is 1. The van der Waals surface area contributed by atoms with Gasteiger partial charge in [-0.05, 0) is 44.2 Å². The fourth-order valence-electron chi connectivity index (χ4n) is 3.26. The number of carbonyl (C=O) groups excluding carboxylic acids is 2. The highest BCUT2D eigenvalue weighted by molar-refractivity contribution is 6.32. The van der Waals surface area contributed by atoms with Crippen molar-refractivity contribution in [3.8, 4) is 11.5 Å². The average molecular weight is 395 g/mol. The van der Waals surface area contributed by atoms with Crippen molar-refractivity contribution in [3.05, 3.63) is 22.7 Å². The Balaban J connectivity index is 1.63. The molecule has 0 radical (unpaired) electrons. The van der Waals surface area contributed by atoms with Crippen molar-refractivity contribution in [1.29, 1.82) is 0 Å². The molecule has 3 rings (SSSR count). The molecule has 1 aliphatic heterocycles. The molecule has 2 aliphatic rings. The summed E-state index contributed by atoms with van der Waals surface area (Å²) in [6.45, 7) is 3.66. The largest absolute Gasteiger partial charge is 0.493 e. The Morgan fingerprint density at radius 2 is 1.93 bits per heavy atom. The van der Waals surface area contributed by atoms with Crippen molar-refractivity contribution in [2.45, 2.75) is 45.1 Å². The molecule has 1 aromatic rings. The third-order valence-corrected chi connectivity index (χ3v) is 5.28. The molecule has 0 spiro atoms. The molecule has 1 saturated heterocycles. The van der Waals surface area contributed by atoms with E-state index in [0.717, 1.165) is 19.3 Å². The quantitative estimate of drug-likeness (QED) is 0.770. The lowest BCUT2D eigenvalue weighted by Crippen LogP contribution is -2.43. The Hall–Kier alpha value is -1.95. The van der Waals surface area contributed by atoms with Crippen LogP contribution in [-0.2, 0) is 4.79 Å². The van der Waals surface area contributed by atoms with Crippen molar-refractivity contribution in [1.82, 2.24) is 10.2 Å². The van der Waals surface area contributed by atoms with Gasteiger partial charge in [0.15, 0.2) is 11.5 Å². The van der Waals surface area contributed by atoms with Crippen molar-refractivity contribution < 1.29 is 19.1 Å². The van der Waals surface area contributed by atoms with Gasteiger partial charge in [0.25, 0.3) is 5.91 Å². The molecule has 1 N–H and O–H groups in total. The summed E-state index contributed by atoms with van der Waals surface area (Å²) in [5.41, 5.74) is 0.474. The van der Waals surface area contributed by atoms with Gasteiger partial charge >= 0.3 is 0 Å². The number of nitrogens with zero attached hydrogens (tertiary/aromatic N) is 1. The lowest BCUT2D eigenvalue weighted by Gasteiger charge is -2.31. The fraction of sp³-hybridized carbons (Fsp3) is 0.600. The maximum atomic E-state index is 12.9. The molecule has 1 aliphatic carbocycles. The molecular weight excluding hydrogens is 368 g/mol. The van der Waals surface area contributed by atoms with Crippen LogP contribution in [0.3, 0.4) is 0 Å². The van der Waals surface area contributed by atoms with E-state index in [2.05, 4.69) is 5.32 Å². The number of hydrogen-bond donors (Lipinski definition) is 1. The van der Waals surface area contributed by atoms with Gasteiger partial charge in [-0.1, -0.05) is 18.5 Å². The fourth-order valence-corrected chi connectivity index (χ4v) is 3.53. The molecule has 0 unspecified atom stereocenters. The first-order chi connectivity index (χ1) is 13.0. The van der Waals surface area contributed by atoms with Crippen LogP contribution in [0, 0.1) is 5.92 Å². The molecule has 1 heterocycles. The zero-order chi connectivity index (χ0) is 19.4. The minimum Gasteiger partial charge on any atom is -0.493 e. The first-order valence-corrected chi connectivity index (χ1v) is 10.0. The van der Waals surface area contributed by atoms with E-state index in [4.69, 9.17) is 21.1 Å². The smallest absolute Gasteiger partial charge is 0.254 e. The maximum Gasteiger partial charge on any atom is 0.254 e. The molecule has 6 nitrogen and oxygen atoms in total. The van der Waals surface area contributed by atoms with Crippen LogP contribution in [0.5, 0.6) is 11.5 Å². The van der Waals surface area contributed by atoms with Gasteiger partial charge in [0.1, 0.15) is 0 Å². The summed E-state index contributed by atoms with van der Waals surface area (Å²) in [7, 11) is 1.53. The molecule has 0 aromatic heterocycles. The molecule has 2 amide bonds. The van der Waals surface area contributed by atoms with Crippen LogP contribution >= 0.6 is 11.6 Å². The van der Waals surface area contributed by atoms with Gasteiger partial charge in [-0.15, -0.1) is 0 Å². The van der Waals surface area contributed by atoms with Crippen molar-refractivity contribution in [2.75, 3.05) is 26.8 Å². The number of benzene rings is 1. The molecule has 27 heavy (non-hydrogen) atoms. The van der Waals surface area contributed by atoms with Crippen molar-refractivity contribution >= 4 is 23.4 Å². The van der Waals surface area contributed by atoms with Crippen molar-refractivity contribution in [3.63, 3.8) is 0 Å². The van der Waals surface area contributed by atoms with Crippen LogP contribution in [0.2, 0.25) is 5.02 Å². The third-order valence-electron chi connectivity index (χ3n) is 5.00. The zero-order valence-corrected chi connectivity index (χ0v) is 16.7. The molecule has 148 valence electrons. The SMILES string of the molecule is CCCOc1c(Cl)cc(C(=O)N2CCC(C(=O)NC3CC3)CC2)cc1OC. The number of nitrogens with one attached hydrogen (secondary N) is 1. The number of carbonyl (C=O) groups is 2. The van der Waals surface area contributed by atoms with E-state index in [1.165, 1.54) is 7.11 Å². The van der Waals surface area contributed by atoms with Crippen LogP contribution in [0.25, 0.3) is 0 Å². The Kier molecular flexibility index (Phi) is 6.47. The van der Waals surface area contributed by atoms with Crippen LogP contribution in [0.4, 0.5) is 0 Å². The number of methoxy groups -OCH3 is 1. The topological polar surface area (TPSA) is 67.9 Å². The monoisotopic (exact) mass is 394 g/mol. The highest BCUT2D eigenvalue weighted by Gasteiger charge is 2.31. The van der Waals surface area contributed by atoms with Gasteiger partial charge < -0.3 is 19.7 Å². The molecule has 0 bridgehead atoms. The number of amides is 2. The maximum absolute atomic E-state index is 12.9. The number of halogens is 1. The third kappa shape index (κ3) is 4.86. The zero-order valence-electron chi connectivity index (χ0n) is 15.9. The summed E-state index contributed by atoms with van der Waals surface area (Å²) < 4.78 is 11.0. The summed E-state index contributed by atoms with van der Waals surface area (Å²) in [6.07, 6.45) is 4.40. The van der Waals surface area contributed by atoms with Crippen LogP contribution in [0.1, 0.15) is 49.4 Å². The molecule has 2 fully saturated rings. The van der Waals surface area contributed by atoms with Crippen LogP contribution in [-0.4, -0.2) is 49.6 Å². The predicted octanol–water partition coefficient (Wildman–Crippen LogP) is 3.27. The molecule has 1 aromatic carbocycles. The highest BCUT2D eigenvalue weighted by Crippen LogP contribution is 2.37. The van der Waals surface area contributed by atoms with Gasteiger partial charge in [-0.3, -0.25) is 9.59 Å².